The van der Waals surface area contributed by atoms with E-state index in [0.717, 1.165) is 18.9 Å². The predicted molar refractivity (Wildman–Crippen MR) is 76.0 cm³/mol. The minimum Gasteiger partial charge on any atom is -0.372 e. The molecule has 0 atom stereocenters. The Labute approximate surface area is 117 Å². The molecular formula is C12H17Cl2N3O. The van der Waals surface area contributed by atoms with Gasteiger partial charge in [-0.2, -0.15) is 0 Å². The van der Waals surface area contributed by atoms with E-state index in [1.54, 1.807) is 13.1 Å². The van der Waals surface area contributed by atoms with E-state index >= 15 is 0 Å². The molecule has 18 heavy (non-hydrogen) atoms. The molecule has 0 aromatic carbocycles. The van der Waals surface area contributed by atoms with Crippen LogP contribution in [0.1, 0.15) is 13.8 Å². The third-order valence-corrected chi connectivity index (χ3v) is 3.44. The number of hydrogen-bond donors (Lipinski definition) is 1. The van der Waals surface area contributed by atoms with Gasteiger partial charge in [-0.3, -0.25) is 0 Å². The predicted octanol–water partition coefficient (Wildman–Crippen LogP) is 3.05. The number of anilines is 2. The zero-order valence-corrected chi connectivity index (χ0v) is 12.3. The lowest BCUT2D eigenvalue weighted by molar-refractivity contribution is -0.0278. The van der Waals surface area contributed by atoms with E-state index < -0.39 is 0 Å². The first kappa shape index (κ1) is 13.7. The van der Waals surface area contributed by atoms with Crippen LogP contribution in [0.15, 0.2) is 6.07 Å². The van der Waals surface area contributed by atoms with Gasteiger partial charge >= 0.3 is 0 Å². The second kappa shape index (κ2) is 5.11. The van der Waals surface area contributed by atoms with Gasteiger partial charge in [0.1, 0.15) is 11.6 Å². The van der Waals surface area contributed by atoms with Crippen molar-refractivity contribution in [2.24, 2.45) is 0 Å². The van der Waals surface area contributed by atoms with Crippen LogP contribution in [-0.4, -0.2) is 37.3 Å². The molecule has 100 valence electrons. The molecule has 0 bridgehead atoms. The molecule has 1 aromatic rings. The van der Waals surface area contributed by atoms with E-state index in [9.17, 15) is 0 Å². The Kier molecular flexibility index (Phi) is 3.90. The highest BCUT2D eigenvalue weighted by atomic mass is 35.5. The Bertz CT molecular complexity index is 451. The second-order valence-corrected chi connectivity index (χ2v) is 5.72. The summed E-state index contributed by atoms with van der Waals surface area (Å²) in [5, 5.41) is 4.06. The highest BCUT2D eigenvalue weighted by Crippen LogP contribution is 2.33. The van der Waals surface area contributed by atoms with Crippen molar-refractivity contribution in [1.82, 2.24) is 4.98 Å². The number of halogens is 2. The Morgan fingerprint density at radius 3 is 2.72 bits per heavy atom. The third kappa shape index (κ3) is 2.82. The van der Waals surface area contributed by atoms with E-state index in [4.69, 9.17) is 27.9 Å². The molecule has 0 saturated carbocycles. The first-order valence-corrected chi connectivity index (χ1v) is 6.61. The molecule has 4 nitrogen and oxygen atoms in total. The summed E-state index contributed by atoms with van der Waals surface area (Å²) in [5.74, 6) is 1.39. The van der Waals surface area contributed by atoms with E-state index in [0.29, 0.717) is 22.5 Å². The standard InChI is InChI=1S/C12H17Cl2N3O/c1-12(2)7-17(4-5-18-12)11-9(14)6-8(13)10(15-3)16-11/h6H,4-5,7H2,1-3H3,(H,15,16). The van der Waals surface area contributed by atoms with E-state index in [-0.39, 0.29) is 5.60 Å². The summed E-state index contributed by atoms with van der Waals surface area (Å²) >= 11 is 12.3. The lowest BCUT2D eigenvalue weighted by Crippen LogP contribution is -2.48. The van der Waals surface area contributed by atoms with Crippen LogP contribution < -0.4 is 10.2 Å². The van der Waals surface area contributed by atoms with Gasteiger partial charge in [-0.15, -0.1) is 0 Å². The number of aromatic nitrogens is 1. The maximum absolute atomic E-state index is 6.23. The first-order chi connectivity index (χ1) is 8.43. The lowest BCUT2D eigenvalue weighted by atomic mass is 10.1. The van der Waals surface area contributed by atoms with Crippen molar-refractivity contribution >= 4 is 34.8 Å². The minimum absolute atomic E-state index is 0.192. The van der Waals surface area contributed by atoms with Crippen LogP contribution in [0.4, 0.5) is 11.6 Å². The third-order valence-electron chi connectivity index (χ3n) is 2.87. The summed E-state index contributed by atoms with van der Waals surface area (Å²) < 4.78 is 5.68. The molecule has 1 aromatic heterocycles. The Balaban J connectivity index is 2.32. The van der Waals surface area contributed by atoms with Crippen LogP contribution in [0.25, 0.3) is 0 Å². The molecule has 1 aliphatic rings. The molecular weight excluding hydrogens is 273 g/mol. The molecule has 2 heterocycles. The van der Waals surface area contributed by atoms with Crippen molar-refractivity contribution in [1.29, 1.82) is 0 Å². The number of nitrogens with one attached hydrogen (secondary N) is 1. The largest absolute Gasteiger partial charge is 0.372 e. The van der Waals surface area contributed by atoms with Gasteiger partial charge in [0, 0.05) is 20.1 Å². The average Bonchev–Trinajstić information content (AvgIpc) is 2.27. The maximum Gasteiger partial charge on any atom is 0.150 e. The molecule has 0 spiro atoms. The van der Waals surface area contributed by atoms with Gasteiger partial charge < -0.3 is 15.0 Å². The number of ether oxygens (including phenoxy) is 1. The van der Waals surface area contributed by atoms with Crippen molar-refractivity contribution in [2.45, 2.75) is 19.4 Å². The maximum atomic E-state index is 6.23. The van der Waals surface area contributed by atoms with Gasteiger partial charge in [0.05, 0.1) is 22.3 Å². The summed E-state index contributed by atoms with van der Waals surface area (Å²) in [6.45, 7) is 6.32. The Morgan fingerprint density at radius 2 is 2.11 bits per heavy atom. The Hall–Kier alpha value is -0.710. The molecule has 0 amide bonds. The summed E-state index contributed by atoms with van der Waals surface area (Å²) in [6, 6.07) is 1.72. The summed E-state index contributed by atoms with van der Waals surface area (Å²) in [5.41, 5.74) is -0.192. The minimum atomic E-state index is -0.192. The van der Waals surface area contributed by atoms with Crippen molar-refractivity contribution in [2.75, 3.05) is 37.0 Å². The van der Waals surface area contributed by atoms with E-state index in [2.05, 4.69) is 29.0 Å². The van der Waals surface area contributed by atoms with Gasteiger partial charge in [0.2, 0.25) is 0 Å². The van der Waals surface area contributed by atoms with Crippen LogP contribution in [0, 0.1) is 0 Å². The average molecular weight is 290 g/mol. The topological polar surface area (TPSA) is 37.4 Å². The molecule has 0 unspecified atom stereocenters. The van der Waals surface area contributed by atoms with Crippen LogP contribution in [0.2, 0.25) is 10.0 Å². The number of pyridine rings is 1. The van der Waals surface area contributed by atoms with Crippen LogP contribution >= 0.6 is 23.2 Å². The normalized spacial score (nSPS) is 18.8. The van der Waals surface area contributed by atoms with Gasteiger partial charge in [0.15, 0.2) is 0 Å². The van der Waals surface area contributed by atoms with Crippen molar-refractivity contribution < 1.29 is 4.74 Å². The molecule has 1 aliphatic heterocycles. The van der Waals surface area contributed by atoms with Gasteiger partial charge in [-0.05, 0) is 19.9 Å². The quantitative estimate of drug-likeness (QED) is 0.908. The molecule has 0 aliphatic carbocycles. The number of rotatable bonds is 2. The van der Waals surface area contributed by atoms with Crippen molar-refractivity contribution in [3.63, 3.8) is 0 Å². The number of hydrogen-bond acceptors (Lipinski definition) is 4. The molecule has 0 radical (unpaired) electrons. The summed E-state index contributed by atoms with van der Waals surface area (Å²) in [4.78, 5) is 6.60. The fourth-order valence-corrected chi connectivity index (χ4v) is 2.62. The lowest BCUT2D eigenvalue weighted by Gasteiger charge is -2.39. The Morgan fingerprint density at radius 1 is 1.39 bits per heavy atom. The summed E-state index contributed by atoms with van der Waals surface area (Å²) in [7, 11) is 1.79. The van der Waals surface area contributed by atoms with Crippen molar-refractivity contribution in [3.8, 4) is 0 Å². The van der Waals surface area contributed by atoms with E-state index in [1.807, 2.05) is 0 Å². The van der Waals surface area contributed by atoms with Gasteiger partial charge in [0.25, 0.3) is 0 Å². The number of morpholine rings is 1. The fraction of sp³-hybridized carbons (Fsp3) is 0.583. The highest BCUT2D eigenvalue weighted by Gasteiger charge is 2.29. The SMILES string of the molecule is CNc1nc(N2CCOC(C)(C)C2)c(Cl)cc1Cl. The molecule has 2 rings (SSSR count). The monoisotopic (exact) mass is 289 g/mol. The molecule has 1 fully saturated rings. The fourth-order valence-electron chi connectivity index (χ4n) is 2.05. The smallest absolute Gasteiger partial charge is 0.150 e. The highest BCUT2D eigenvalue weighted by molar-refractivity contribution is 6.37. The van der Waals surface area contributed by atoms with Crippen molar-refractivity contribution in [3.05, 3.63) is 16.1 Å². The second-order valence-electron chi connectivity index (χ2n) is 4.90. The van der Waals surface area contributed by atoms with E-state index in [1.165, 1.54) is 0 Å². The zero-order valence-electron chi connectivity index (χ0n) is 10.8. The molecule has 1 saturated heterocycles. The number of nitrogens with zero attached hydrogens (tertiary/aromatic N) is 2. The molecule has 6 heteroatoms. The van der Waals surface area contributed by atoms with Crippen LogP contribution in [0.3, 0.4) is 0 Å². The van der Waals surface area contributed by atoms with Gasteiger partial charge in [-0.1, -0.05) is 23.2 Å². The van der Waals surface area contributed by atoms with Crippen LogP contribution in [-0.2, 0) is 4.74 Å². The summed E-state index contributed by atoms with van der Waals surface area (Å²) in [6.07, 6.45) is 0. The van der Waals surface area contributed by atoms with Gasteiger partial charge in [-0.25, -0.2) is 4.98 Å². The molecule has 1 N–H and O–H groups in total. The van der Waals surface area contributed by atoms with Crippen LogP contribution in [0.5, 0.6) is 0 Å². The first-order valence-electron chi connectivity index (χ1n) is 5.85. The zero-order chi connectivity index (χ0) is 13.3.